The highest BCUT2D eigenvalue weighted by Crippen LogP contribution is 2.30. The van der Waals surface area contributed by atoms with Crippen LogP contribution in [0.15, 0.2) is 109 Å². The monoisotopic (exact) mass is 552 g/mol. The quantitative estimate of drug-likeness (QED) is 0.187. The molecule has 0 atom stereocenters. The Hall–Kier alpha value is -4.62. The number of ketones is 1. The second-order valence-corrected chi connectivity index (χ2v) is 10.2. The molecule has 0 aliphatic rings. The number of carbonyl (C=O) groups is 2. The first-order valence-corrected chi connectivity index (χ1v) is 13.6. The minimum Gasteiger partial charge on any atom is -0.485 e. The number of hydrogen-bond donors (Lipinski definition) is 2. The van der Waals surface area contributed by atoms with E-state index in [1.807, 2.05) is 92.7 Å². The molecular weight excluding hydrogens is 516 g/mol. The molecule has 41 heavy (non-hydrogen) atoms. The summed E-state index contributed by atoms with van der Waals surface area (Å²) in [4.78, 5) is 25.4. The minimum absolute atomic E-state index is 0.0799. The molecule has 0 saturated carbocycles. The fraction of sp³-hybridized carbons (Fsp3) is 0.235. The van der Waals surface area contributed by atoms with Crippen LogP contribution in [0.3, 0.4) is 0 Å². The highest BCUT2D eigenvalue weighted by Gasteiger charge is 2.21. The summed E-state index contributed by atoms with van der Waals surface area (Å²) in [5, 5.41) is 6.11. The summed E-state index contributed by atoms with van der Waals surface area (Å²) in [7, 11) is 0. The molecular formula is C34H36N2O5. The molecule has 0 heterocycles. The van der Waals surface area contributed by atoms with E-state index >= 15 is 0 Å². The zero-order chi connectivity index (χ0) is 28.9. The molecule has 0 bridgehead atoms. The van der Waals surface area contributed by atoms with Crippen LogP contribution in [0.25, 0.3) is 0 Å². The zero-order valence-electron chi connectivity index (χ0n) is 23.5. The standard InChI is InChI=1S/C34H36N2O5/c1-34(2,25-35-33(38)24-39-29-16-10-5-11-17-29)36-21-30(37)28-18-19-31(40-22-26-12-6-3-7-13-26)32(20-28)41-23-27-14-8-4-9-15-27/h3-20,36H,21-25H2,1-2H3,(H,35,38). The van der Waals surface area contributed by atoms with Crippen molar-refractivity contribution >= 4 is 11.7 Å². The number of Topliss-reactive ketones (excluding diaryl/α,β-unsaturated/α-hetero) is 1. The lowest BCUT2D eigenvalue weighted by Crippen LogP contribution is -2.51. The van der Waals surface area contributed by atoms with E-state index < -0.39 is 5.54 Å². The molecule has 4 aromatic carbocycles. The van der Waals surface area contributed by atoms with Crippen LogP contribution in [0.5, 0.6) is 17.2 Å². The van der Waals surface area contributed by atoms with Crippen LogP contribution in [-0.2, 0) is 18.0 Å². The molecule has 2 N–H and O–H groups in total. The van der Waals surface area contributed by atoms with Gasteiger partial charge >= 0.3 is 0 Å². The van der Waals surface area contributed by atoms with Crippen LogP contribution in [0, 0.1) is 0 Å². The van der Waals surface area contributed by atoms with E-state index in [0.717, 1.165) is 11.1 Å². The molecule has 0 fully saturated rings. The lowest BCUT2D eigenvalue weighted by Gasteiger charge is -2.26. The van der Waals surface area contributed by atoms with Crippen molar-refractivity contribution in [1.82, 2.24) is 10.6 Å². The lowest BCUT2D eigenvalue weighted by atomic mass is 10.0. The predicted octanol–water partition coefficient (Wildman–Crippen LogP) is 5.59. The second kappa shape index (κ2) is 14.7. The van der Waals surface area contributed by atoms with Crippen LogP contribution in [0.1, 0.15) is 35.3 Å². The van der Waals surface area contributed by atoms with Gasteiger partial charge in [0.05, 0.1) is 6.54 Å². The Kier molecular flexibility index (Phi) is 10.5. The van der Waals surface area contributed by atoms with Crippen molar-refractivity contribution in [1.29, 1.82) is 0 Å². The summed E-state index contributed by atoms with van der Waals surface area (Å²) >= 11 is 0. The summed E-state index contributed by atoms with van der Waals surface area (Å²) in [5.74, 6) is 1.36. The van der Waals surface area contributed by atoms with Crippen molar-refractivity contribution in [3.05, 3.63) is 126 Å². The Labute approximate surface area is 241 Å². The van der Waals surface area contributed by atoms with Gasteiger partial charge in [0.1, 0.15) is 19.0 Å². The predicted molar refractivity (Wildman–Crippen MR) is 159 cm³/mol. The van der Waals surface area contributed by atoms with Gasteiger partial charge in [-0.1, -0.05) is 78.9 Å². The summed E-state index contributed by atoms with van der Waals surface area (Å²) in [5.41, 5.74) is 2.03. The molecule has 0 aliphatic heterocycles. The van der Waals surface area contributed by atoms with Gasteiger partial charge in [-0.05, 0) is 55.3 Å². The van der Waals surface area contributed by atoms with Crippen LogP contribution in [0.4, 0.5) is 0 Å². The number of ether oxygens (including phenoxy) is 3. The van der Waals surface area contributed by atoms with Gasteiger partial charge in [0.2, 0.25) is 0 Å². The van der Waals surface area contributed by atoms with E-state index in [9.17, 15) is 9.59 Å². The average Bonchev–Trinajstić information content (AvgIpc) is 3.01. The van der Waals surface area contributed by atoms with Gasteiger partial charge in [-0.25, -0.2) is 0 Å². The molecule has 0 aliphatic carbocycles. The Balaban J connectivity index is 1.33. The van der Waals surface area contributed by atoms with E-state index in [2.05, 4.69) is 10.6 Å². The van der Waals surface area contributed by atoms with Gasteiger partial charge in [-0.2, -0.15) is 0 Å². The average molecular weight is 553 g/mol. The van der Waals surface area contributed by atoms with E-state index in [4.69, 9.17) is 14.2 Å². The third-order valence-electron chi connectivity index (χ3n) is 6.31. The van der Waals surface area contributed by atoms with Gasteiger partial charge in [0.15, 0.2) is 23.9 Å². The number of rotatable bonds is 15. The fourth-order valence-corrected chi connectivity index (χ4v) is 3.90. The highest BCUT2D eigenvalue weighted by atomic mass is 16.5. The zero-order valence-corrected chi connectivity index (χ0v) is 23.5. The normalized spacial score (nSPS) is 11.0. The third-order valence-corrected chi connectivity index (χ3v) is 6.31. The number of nitrogens with one attached hydrogen (secondary N) is 2. The van der Waals surface area contributed by atoms with Gasteiger partial charge < -0.3 is 24.8 Å². The first kappa shape index (κ1) is 29.4. The van der Waals surface area contributed by atoms with Gasteiger partial charge in [-0.3, -0.25) is 9.59 Å². The first-order chi connectivity index (χ1) is 19.9. The molecule has 7 nitrogen and oxygen atoms in total. The van der Waals surface area contributed by atoms with Crippen LogP contribution >= 0.6 is 0 Å². The number of para-hydroxylation sites is 1. The summed E-state index contributed by atoms with van der Waals surface area (Å²) in [6.07, 6.45) is 0. The number of benzene rings is 4. The smallest absolute Gasteiger partial charge is 0.258 e. The number of carbonyl (C=O) groups excluding carboxylic acids is 2. The van der Waals surface area contributed by atoms with Crippen LogP contribution in [-0.4, -0.2) is 36.9 Å². The Morgan fingerprint density at radius 3 is 1.85 bits per heavy atom. The molecule has 0 saturated heterocycles. The molecule has 7 heteroatoms. The molecule has 4 rings (SSSR count). The molecule has 0 radical (unpaired) electrons. The summed E-state index contributed by atoms with van der Waals surface area (Å²) < 4.78 is 17.7. The summed E-state index contributed by atoms with van der Waals surface area (Å²) in [6, 6.07) is 34.1. The molecule has 0 unspecified atom stereocenters. The van der Waals surface area contributed by atoms with Crippen molar-refractivity contribution in [2.24, 2.45) is 0 Å². The molecule has 4 aromatic rings. The SMILES string of the molecule is CC(C)(CNC(=O)COc1ccccc1)NCC(=O)c1ccc(OCc2ccccc2)c(OCc2ccccc2)c1. The Morgan fingerprint density at radius 2 is 1.24 bits per heavy atom. The maximum atomic E-state index is 13.1. The minimum atomic E-state index is -0.524. The maximum absolute atomic E-state index is 13.1. The van der Waals surface area contributed by atoms with Gasteiger partial charge in [-0.15, -0.1) is 0 Å². The van der Waals surface area contributed by atoms with Crippen molar-refractivity contribution < 1.29 is 23.8 Å². The van der Waals surface area contributed by atoms with Gasteiger partial charge in [0, 0.05) is 17.6 Å². The Morgan fingerprint density at radius 1 is 0.683 bits per heavy atom. The number of hydrogen-bond acceptors (Lipinski definition) is 6. The second-order valence-electron chi connectivity index (χ2n) is 10.2. The number of amides is 1. The van der Waals surface area contributed by atoms with Crippen LogP contribution < -0.4 is 24.8 Å². The lowest BCUT2D eigenvalue weighted by molar-refractivity contribution is -0.123. The van der Waals surface area contributed by atoms with Crippen LogP contribution in [0.2, 0.25) is 0 Å². The van der Waals surface area contributed by atoms with Crippen molar-refractivity contribution in [3.63, 3.8) is 0 Å². The largest absolute Gasteiger partial charge is 0.485 e. The van der Waals surface area contributed by atoms with E-state index in [1.54, 1.807) is 30.3 Å². The molecule has 212 valence electrons. The van der Waals surface area contributed by atoms with Crippen molar-refractivity contribution in [2.75, 3.05) is 19.7 Å². The van der Waals surface area contributed by atoms with E-state index in [0.29, 0.717) is 42.6 Å². The first-order valence-electron chi connectivity index (χ1n) is 13.6. The molecule has 1 amide bonds. The van der Waals surface area contributed by atoms with Crippen molar-refractivity contribution in [3.8, 4) is 17.2 Å². The fourth-order valence-electron chi connectivity index (χ4n) is 3.90. The van der Waals surface area contributed by atoms with E-state index in [-0.39, 0.29) is 24.8 Å². The Bertz CT molecular complexity index is 1390. The third kappa shape index (κ3) is 9.81. The van der Waals surface area contributed by atoms with E-state index in [1.165, 1.54) is 0 Å². The molecule has 0 aromatic heterocycles. The maximum Gasteiger partial charge on any atom is 0.258 e. The van der Waals surface area contributed by atoms with Crippen molar-refractivity contribution in [2.45, 2.75) is 32.6 Å². The molecule has 0 spiro atoms. The summed E-state index contributed by atoms with van der Waals surface area (Å²) in [6.45, 7) is 4.91. The topological polar surface area (TPSA) is 85.9 Å². The van der Waals surface area contributed by atoms with Gasteiger partial charge in [0.25, 0.3) is 5.91 Å². The highest BCUT2D eigenvalue weighted by molar-refractivity contribution is 5.98.